The van der Waals surface area contributed by atoms with Crippen LogP contribution < -0.4 is 11.5 Å². The molecule has 3 saturated heterocycles. The standard InChI is InChI=1S/C20H21BF2N10O8P2S/c21-42(34)36-1-7-14(10(23)20(38-7)33-6-31-12-16(25)27-4-29-18(12)33)41-43(35,44)37-2-8-13(40-42)9(22)19(39-8)32-5-30-11-15(24)26-3-28-17(11)32/h3-10,13-14,19-20H,1-2H2,(H,35,44)(H2,24,26,28)(H2,25,27,29)/t7-,8-,9?,10?,13?,14?,19-,20-,42?,43?/m1/s1. The van der Waals surface area contributed by atoms with Crippen LogP contribution in [0.15, 0.2) is 25.3 Å². The fourth-order valence-corrected chi connectivity index (χ4v) is 7.64. The molecule has 0 saturated carbocycles. The molecule has 18 nitrogen and oxygen atoms in total. The highest BCUT2D eigenvalue weighted by Crippen LogP contribution is 2.54. The molecular weight excluding hydrogens is 651 g/mol. The van der Waals surface area contributed by atoms with Crippen molar-refractivity contribution < 1.29 is 45.8 Å². The Labute approximate surface area is 251 Å². The maximum absolute atomic E-state index is 16.0. The van der Waals surface area contributed by atoms with Gasteiger partial charge in [-0.2, -0.15) is 0 Å². The third-order valence-corrected chi connectivity index (χ3v) is 9.81. The van der Waals surface area contributed by atoms with Gasteiger partial charge in [-0.25, -0.2) is 38.7 Å². The molecule has 44 heavy (non-hydrogen) atoms. The Morgan fingerprint density at radius 1 is 0.841 bits per heavy atom. The van der Waals surface area contributed by atoms with E-state index in [9.17, 15) is 9.46 Å². The lowest BCUT2D eigenvalue weighted by Gasteiger charge is -2.29. The first kappa shape index (κ1) is 29.9. The first-order valence-corrected chi connectivity index (χ1v) is 16.9. The van der Waals surface area contributed by atoms with E-state index in [0.717, 1.165) is 12.7 Å². The Hall–Kier alpha value is -2.78. The molecule has 3 aliphatic heterocycles. The van der Waals surface area contributed by atoms with E-state index in [1.54, 1.807) is 0 Å². The van der Waals surface area contributed by atoms with E-state index in [4.69, 9.17) is 58.4 Å². The number of halogens is 2. The number of anilines is 2. The van der Waals surface area contributed by atoms with Crippen molar-refractivity contribution in [2.75, 3.05) is 24.7 Å². The van der Waals surface area contributed by atoms with Gasteiger partial charge in [-0.05, 0) is 11.8 Å². The second-order valence-corrected chi connectivity index (χ2v) is 14.3. The summed E-state index contributed by atoms with van der Waals surface area (Å²) in [7, 11) is 1.26. The summed E-state index contributed by atoms with van der Waals surface area (Å²) in [6.07, 6.45) is -8.19. The molecule has 4 aromatic rings. The topological polar surface area (TPSA) is 232 Å². The zero-order chi connectivity index (χ0) is 31.0. The Balaban J connectivity index is 1.17. The van der Waals surface area contributed by atoms with Crippen LogP contribution >= 0.6 is 14.2 Å². The number of nitrogens with zero attached hydrogens (tertiary/aromatic N) is 8. The number of ether oxygens (including phenoxy) is 2. The smallest absolute Gasteiger partial charge is 0.325 e. The van der Waals surface area contributed by atoms with Crippen molar-refractivity contribution in [2.45, 2.75) is 49.2 Å². The number of imidazole rings is 2. The van der Waals surface area contributed by atoms with Crippen molar-refractivity contribution in [2.24, 2.45) is 0 Å². The fraction of sp³-hybridized carbons (Fsp3) is 0.500. The normalized spacial score (nSPS) is 38.2. The number of nitrogens with two attached hydrogens (primary N) is 2. The predicted octanol–water partition coefficient (Wildman–Crippen LogP) is 0.612. The van der Waals surface area contributed by atoms with E-state index < -0.39 is 76.6 Å². The van der Waals surface area contributed by atoms with Crippen LogP contribution in [-0.2, 0) is 43.9 Å². The summed E-state index contributed by atoms with van der Waals surface area (Å²) in [5.74, 6) is 0.0968. The molecule has 0 aromatic carbocycles. The Morgan fingerprint density at radius 2 is 1.32 bits per heavy atom. The summed E-state index contributed by atoms with van der Waals surface area (Å²) < 4.78 is 81.0. The average Bonchev–Trinajstić information content (AvgIpc) is 3.73. The van der Waals surface area contributed by atoms with Gasteiger partial charge in [0, 0.05) is 0 Å². The minimum absolute atomic E-state index is 0.0472. The molecule has 232 valence electrons. The second-order valence-electron chi connectivity index (χ2n) is 9.92. The summed E-state index contributed by atoms with van der Waals surface area (Å²) in [5, 5.41) is 0. The highest BCUT2D eigenvalue weighted by atomic mass is 32.5. The first-order valence-electron chi connectivity index (χ1n) is 12.7. The van der Waals surface area contributed by atoms with Gasteiger partial charge in [-0.15, -0.1) is 0 Å². The summed E-state index contributed by atoms with van der Waals surface area (Å²) in [4.78, 5) is 34.9. The van der Waals surface area contributed by atoms with Crippen LogP contribution in [0.4, 0.5) is 20.4 Å². The summed E-state index contributed by atoms with van der Waals surface area (Å²) in [6, 6.07) is 0. The monoisotopic (exact) mass is 672 g/mol. The largest absolute Gasteiger partial charge is 0.382 e. The molecule has 24 heteroatoms. The van der Waals surface area contributed by atoms with Gasteiger partial charge in [-0.1, -0.05) is 0 Å². The molecule has 6 unspecified atom stereocenters. The number of hydrogen-bond acceptors (Lipinski definition) is 16. The lowest BCUT2D eigenvalue weighted by atomic mass is 10.1. The molecule has 3 aliphatic rings. The third-order valence-electron chi connectivity index (χ3n) is 7.20. The highest BCUT2D eigenvalue weighted by Gasteiger charge is 2.53. The van der Waals surface area contributed by atoms with Crippen molar-refractivity contribution in [3.05, 3.63) is 25.3 Å². The Morgan fingerprint density at radius 3 is 1.84 bits per heavy atom. The molecule has 5 N–H and O–H groups in total. The van der Waals surface area contributed by atoms with E-state index in [1.165, 1.54) is 21.8 Å². The minimum atomic E-state index is -4.57. The number of alkyl halides is 2. The van der Waals surface area contributed by atoms with Gasteiger partial charge in [0.2, 0.25) is 7.57 Å². The second kappa shape index (κ2) is 10.9. The lowest BCUT2D eigenvalue weighted by Crippen LogP contribution is -2.37. The SMILES string of the molecule is [B]P1(=O)OC[C@H]2O[C@@H](n3cnc4c(N)ncnc43)C(F)C2OP(O)(=S)OC[C@H]2O[C@@H](n3cnc4c(N)ncnc43)C(F)C2O1. The number of aromatic nitrogens is 8. The number of nitrogen functional groups attached to an aromatic ring is 2. The Kier molecular flexibility index (Phi) is 7.43. The van der Waals surface area contributed by atoms with Crippen LogP contribution in [0.3, 0.4) is 0 Å². The number of rotatable bonds is 2. The van der Waals surface area contributed by atoms with E-state index in [0.29, 0.717) is 0 Å². The molecule has 10 atom stereocenters. The van der Waals surface area contributed by atoms with E-state index in [1.807, 2.05) is 0 Å². The third kappa shape index (κ3) is 5.18. The maximum atomic E-state index is 16.0. The van der Waals surface area contributed by atoms with Gasteiger partial charge in [0.1, 0.15) is 48.1 Å². The first-order chi connectivity index (χ1) is 20.9. The van der Waals surface area contributed by atoms with Crippen LogP contribution in [0.2, 0.25) is 0 Å². The van der Waals surface area contributed by atoms with Gasteiger partial charge in [-0.3, -0.25) is 18.2 Å². The molecule has 3 fully saturated rings. The van der Waals surface area contributed by atoms with Gasteiger partial charge >= 0.3 is 6.72 Å². The van der Waals surface area contributed by atoms with Crippen LogP contribution in [0.25, 0.3) is 22.3 Å². The molecule has 0 aliphatic carbocycles. The minimum Gasteiger partial charge on any atom is -0.382 e. The number of fused-ring (bicyclic) bond motifs is 4. The van der Waals surface area contributed by atoms with Gasteiger partial charge < -0.3 is 39.4 Å². The quantitative estimate of drug-likeness (QED) is 0.196. The molecule has 4 aromatic heterocycles. The van der Waals surface area contributed by atoms with Crippen LogP contribution in [0.1, 0.15) is 12.5 Å². The maximum Gasteiger partial charge on any atom is 0.325 e. The molecule has 0 amide bonds. The fourth-order valence-electron chi connectivity index (χ4n) is 5.20. The van der Waals surface area contributed by atoms with E-state index >= 15 is 8.78 Å². The van der Waals surface area contributed by atoms with Crippen LogP contribution in [0.5, 0.6) is 0 Å². The zero-order valence-corrected chi connectivity index (χ0v) is 24.6. The van der Waals surface area contributed by atoms with Gasteiger partial charge in [0.25, 0.3) is 7.47 Å². The summed E-state index contributed by atoms with van der Waals surface area (Å²) in [6.45, 7) is -5.58. The molecule has 0 spiro atoms. The van der Waals surface area contributed by atoms with Crippen LogP contribution in [-0.4, -0.2) is 101 Å². The van der Waals surface area contributed by atoms with Crippen molar-refractivity contribution in [1.29, 1.82) is 0 Å². The molecule has 7 heterocycles. The van der Waals surface area contributed by atoms with Gasteiger partial charge in [0.15, 0.2) is 47.7 Å². The average molecular weight is 672 g/mol. The Bertz CT molecular complexity index is 1710. The van der Waals surface area contributed by atoms with Crippen molar-refractivity contribution >= 4 is 67.5 Å². The highest BCUT2D eigenvalue weighted by molar-refractivity contribution is 8.07. The molecule has 2 radical (unpaired) electrons. The predicted molar refractivity (Wildman–Crippen MR) is 149 cm³/mol. The molecule has 7 rings (SSSR count). The molecular formula is C20H21BF2N10O8P2S. The van der Waals surface area contributed by atoms with E-state index in [-0.39, 0.29) is 34.0 Å². The lowest BCUT2D eigenvalue weighted by molar-refractivity contribution is -0.0566. The van der Waals surface area contributed by atoms with Gasteiger partial charge in [0.05, 0.1) is 25.9 Å². The van der Waals surface area contributed by atoms with Crippen molar-refractivity contribution in [3.63, 3.8) is 0 Å². The summed E-state index contributed by atoms with van der Waals surface area (Å²) in [5.41, 5.74) is 12.3. The number of hydrogen-bond donors (Lipinski definition) is 3. The zero-order valence-electron chi connectivity index (χ0n) is 22.0. The van der Waals surface area contributed by atoms with Crippen molar-refractivity contribution in [3.8, 4) is 0 Å². The summed E-state index contributed by atoms with van der Waals surface area (Å²) >= 11 is 5.14. The molecule has 0 bridgehead atoms. The van der Waals surface area contributed by atoms with E-state index in [2.05, 4.69) is 29.9 Å². The van der Waals surface area contributed by atoms with Crippen LogP contribution in [0, 0.1) is 0 Å². The van der Waals surface area contributed by atoms with Crippen molar-refractivity contribution in [1.82, 2.24) is 39.0 Å².